The van der Waals surface area contributed by atoms with Gasteiger partial charge in [0.2, 0.25) is 18.2 Å². The highest BCUT2D eigenvalue weighted by Gasteiger charge is 2.38. The Morgan fingerprint density at radius 1 is 1.04 bits per heavy atom. The average molecular weight is 763 g/mol. The lowest BCUT2D eigenvalue weighted by Gasteiger charge is -2.28. The van der Waals surface area contributed by atoms with Crippen molar-refractivity contribution in [3.8, 4) is 0 Å². The van der Waals surface area contributed by atoms with Gasteiger partial charge in [-0.3, -0.25) is 23.9 Å². The number of nitrogens with one attached hydrogen (secondary N) is 3. The molecule has 3 unspecified atom stereocenters. The van der Waals surface area contributed by atoms with Gasteiger partial charge in [-0.25, -0.2) is 4.98 Å². The lowest BCUT2D eigenvalue weighted by molar-refractivity contribution is -0.195. The number of ether oxygens (including phenoxy) is 1. The Labute approximate surface area is 298 Å². The van der Waals surface area contributed by atoms with E-state index >= 15 is 0 Å². The number of aliphatic hydroxyl groups excluding tert-OH is 1. The Hall–Kier alpha value is -4.07. The van der Waals surface area contributed by atoms with Crippen LogP contribution in [0.2, 0.25) is 0 Å². The van der Waals surface area contributed by atoms with E-state index in [-0.39, 0.29) is 44.8 Å². The molecule has 2 aromatic carbocycles. The number of fused-ring (bicyclic) bond motifs is 1. The molecule has 22 heteroatoms. The molecule has 0 aliphatic carbocycles. The maximum Gasteiger partial charge on any atom is 0.478 e. The normalized spacial score (nSPS) is 15.9. The van der Waals surface area contributed by atoms with Crippen molar-refractivity contribution in [3.05, 3.63) is 89.5 Å². The fourth-order valence-corrected chi connectivity index (χ4v) is 7.03. The van der Waals surface area contributed by atoms with Gasteiger partial charge in [-0.1, -0.05) is 36.4 Å². The van der Waals surface area contributed by atoms with Crippen LogP contribution in [0.1, 0.15) is 40.0 Å². The zero-order valence-corrected chi connectivity index (χ0v) is 29.6. The Bertz CT molecular complexity index is 1750. The second kappa shape index (κ2) is 18.6. The predicted octanol–water partition coefficient (Wildman–Crippen LogP) is -0.660. The van der Waals surface area contributed by atoms with Crippen molar-refractivity contribution in [3.63, 3.8) is 0 Å². The van der Waals surface area contributed by atoms with Gasteiger partial charge in [-0.2, -0.15) is 0 Å². The first-order valence-electron chi connectivity index (χ1n) is 15.8. The molecule has 19 nitrogen and oxygen atoms in total. The van der Waals surface area contributed by atoms with E-state index in [0.29, 0.717) is 5.69 Å². The van der Waals surface area contributed by atoms with Crippen molar-refractivity contribution >= 4 is 45.7 Å². The largest absolute Gasteiger partial charge is 0.777 e. The molecule has 4 atom stereocenters. The minimum absolute atomic E-state index is 0.0212. The summed E-state index contributed by atoms with van der Waals surface area (Å²) in [5, 5.41) is 17.6. The van der Waals surface area contributed by atoms with Gasteiger partial charge in [0.15, 0.2) is 13.1 Å². The summed E-state index contributed by atoms with van der Waals surface area (Å²) in [5.41, 5.74) is 0.183. The second-order valence-corrected chi connectivity index (χ2v) is 15.3. The predicted molar refractivity (Wildman–Crippen MR) is 182 cm³/mol. The third-order valence-corrected chi connectivity index (χ3v) is 10.9. The van der Waals surface area contributed by atoms with Crippen LogP contribution < -0.4 is 25.7 Å². The van der Waals surface area contributed by atoms with Crippen molar-refractivity contribution in [1.82, 2.24) is 25.9 Å². The molecule has 0 saturated carbocycles. The van der Waals surface area contributed by atoms with E-state index < -0.39 is 64.4 Å². The first-order chi connectivity index (χ1) is 24.6. The molecule has 280 valence electrons. The molecule has 1 aromatic heterocycles. The average Bonchev–Trinajstić information content (AvgIpc) is 3.32. The maximum absolute atomic E-state index is 13.3. The molecule has 0 saturated heterocycles. The van der Waals surface area contributed by atoms with Crippen molar-refractivity contribution in [2.75, 3.05) is 25.0 Å². The Morgan fingerprint density at radius 2 is 1.75 bits per heavy atom. The van der Waals surface area contributed by atoms with Gasteiger partial charge >= 0.3 is 14.7 Å². The third kappa shape index (κ3) is 12.3. The summed E-state index contributed by atoms with van der Waals surface area (Å²) in [6, 6.07) is 13.5. The van der Waals surface area contributed by atoms with Crippen LogP contribution in [0.4, 0.5) is 5.69 Å². The summed E-state index contributed by atoms with van der Waals surface area (Å²) in [6.45, 7) is 0.0538. The van der Waals surface area contributed by atoms with E-state index in [1.807, 2.05) is 30.3 Å². The van der Waals surface area contributed by atoms with Crippen LogP contribution in [0.15, 0.2) is 67.1 Å². The first-order valence-corrected chi connectivity index (χ1v) is 19.1. The molecule has 7 N–H and O–H groups in total. The maximum atomic E-state index is 13.3. The molecular formula is C30H38BN6O13P2-. The van der Waals surface area contributed by atoms with Gasteiger partial charge < -0.3 is 64.1 Å². The summed E-state index contributed by atoms with van der Waals surface area (Å²) in [4.78, 5) is 85.8. The number of anilines is 1. The monoisotopic (exact) mass is 763 g/mol. The highest BCUT2D eigenvalue weighted by molar-refractivity contribution is 7.70. The topological polar surface area (TPSA) is 282 Å². The minimum Gasteiger partial charge on any atom is -0.777 e. The van der Waals surface area contributed by atoms with Gasteiger partial charge in [0.1, 0.15) is 11.7 Å². The molecule has 52 heavy (non-hydrogen) atoms. The van der Waals surface area contributed by atoms with E-state index in [1.165, 1.54) is 30.5 Å². The molecule has 1 aliphatic rings. The highest BCUT2D eigenvalue weighted by Crippen LogP contribution is 2.55. The van der Waals surface area contributed by atoms with Crippen molar-refractivity contribution in [2.45, 2.75) is 50.5 Å². The number of aromatic nitrogens is 2. The number of carbonyl (C=O) groups is 3. The number of aliphatic hydroxyl groups is 1. The van der Waals surface area contributed by atoms with Gasteiger partial charge in [0, 0.05) is 38.0 Å². The zero-order valence-electron chi connectivity index (χ0n) is 27.8. The number of rotatable bonds is 17. The smallest absolute Gasteiger partial charge is 0.478 e. The van der Waals surface area contributed by atoms with Gasteiger partial charge in [0.05, 0.1) is 32.5 Å². The molecule has 0 spiro atoms. The van der Waals surface area contributed by atoms with Crippen LogP contribution in [-0.2, 0) is 52.4 Å². The van der Waals surface area contributed by atoms with Crippen LogP contribution in [0, 0.1) is 0 Å². The van der Waals surface area contributed by atoms with Gasteiger partial charge in [0.25, 0.3) is 5.91 Å². The Kier molecular flexibility index (Phi) is 14.6. The lowest BCUT2D eigenvalue weighted by atomic mass is 9.90. The fraction of sp³-hybridized carbons (Fsp3) is 0.367. The Balaban J connectivity index is 1.26. The number of benzene rings is 2. The first kappa shape index (κ1) is 40.7. The molecule has 2 heterocycles. The van der Waals surface area contributed by atoms with Crippen LogP contribution in [0.3, 0.4) is 0 Å². The molecule has 4 rings (SSSR count). The molecule has 0 bridgehead atoms. The van der Waals surface area contributed by atoms with E-state index in [4.69, 9.17) is 28.7 Å². The number of carbonyl (C=O) groups excluding carboxylic acids is 3. The third-order valence-electron chi connectivity index (χ3n) is 7.65. The molecule has 0 fully saturated rings. The van der Waals surface area contributed by atoms with Crippen molar-refractivity contribution in [1.29, 1.82) is 0 Å². The summed E-state index contributed by atoms with van der Waals surface area (Å²) in [7, 11) is -10.3. The van der Waals surface area contributed by atoms with E-state index in [9.17, 15) is 33.5 Å². The van der Waals surface area contributed by atoms with Crippen LogP contribution in [-0.4, -0.2) is 92.7 Å². The zero-order chi connectivity index (χ0) is 37.9. The van der Waals surface area contributed by atoms with E-state index in [1.54, 1.807) is 23.5 Å². The van der Waals surface area contributed by atoms with E-state index in [0.717, 1.165) is 16.7 Å². The molecule has 1 aliphatic heterocycles. The van der Waals surface area contributed by atoms with Crippen LogP contribution >= 0.6 is 15.2 Å². The summed E-state index contributed by atoms with van der Waals surface area (Å²) in [6.07, 6.45) is 2.34. The number of nitrogens with zero attached hydrogens (tertiary/aromatic N) is 3. The molecule has 3 amide bonds. The Morgan fingerprint density at radius 3 is 2.40 bits per heavy atom. The number of amides is 3. The molecule has 0 radical (unpaired) electrons. The highest BCUT2D eigenvalue weighted by atomic mass is 31.2. The quantitative estimate of drug-likeness (QED) is 0.0389. The lowest BCUT2D eigenvalue weighted by Crippen LogP contribution is -2.50. The van der Waals surface area contributed by atoms with E-state index in [2.05, 4.69) is 20.6 Å². The summed E-state index contributed by atoms with van der Waals surface area (Å²) >= 11 is 0. The van der Waals surface area contributed by atoms with Crippen LogP contribution in [0.25, 0.3) is 0 Å². The van der Waals surface area contributed by atoms with Crippen LogP contribution in [0.5, 0.6) is 0 Å². The summed E-state index contributed by atoms with van der Waals surface area (Å²) < 4.78 is 39.6. The number of hydrogen-bond donors (Lipinski definition) is 7. The molecular weight excluding hydrogens is 725 g/mol. The van der Waals surface area contributed by atoms with Crippen molar-refractivity contribution in [2.24, 2.45) is 0 Å². The second-order valence-electron chi connectivity index (χ2n) is 11.6. The fourth-order valence-electron chi connectivity index (χ4n) is 4.89. The SMILES string of the molecule is CN(c1ccc2c(c1)COB(CNC(=O)[C@H](Cc1ccccc1)NC(=O)c1cnccn1)OC2)C(O)OCCCC(=O)NC(P(=O)([O-])O)P(=O)(O)O. The number of hydrogen-bond acceptors (Lipinski definition) is 13. The van der Waals surface area contributed by atoms with Gasteiger partial charge in [-0.05, 0) is 35.2 Å². The molecule has 3 aromatic rings. The standard InChI is InChI=1S/C30H39BN6O13P2/c1-37(30(41)48-13-5-8-26(38)36-29(51(42,43)44)52(45,46)47)23-10-9-21-17-49-31(50-18-22(21)15-23)19-34-27(39)24(14-20-6-3-2-4-7-20)35-28(40)25-16-32-11-12-33-25/h2-4,6-7,9-12,15-16,24,29-30,41H,5,8,13-14,17-19H2,1H3,(H,34,39)(H,35,40)(H,36,38)(H2,42,43,44)(H2,45,46,47)/p-1/t24-,30?/m0/s1. The summed E-state index contributed by atoms with van der Waals surface area (Å²) in [5.74, 6) is -2.08. The van der Waals surface area contributed by atoms with Crippen molar-refractivity contribution < 1.29 is 62.2 Å². The minimum atomic E-state index is -5.58. The van der Waals surface area contributed by atoms with Gasteiger partial charge in [-0.15, -0.1) is 0 Å².